The van der Waals surface area contributed by atoms with Gasteiger partial charge in [0.25, 0.3) is 5.91 Å². The number of carbonyl (C=O) groups is 2. The molecule has 0 bridgehead atoms. The van der Waals surface area contributed by atoms with Crippen molar-refractivity contribution >= 4 is 11.9 Å². The Morgan fingerprint density at radius 1 is 0.926 bits per heavy atom. The minimum atomic E-state index is -0.973. The van der Waals surface area contributed by atoms with Gasteiger partial charge in [-0.1, -0.05) is 30.3 Å². The number of rotatable bonds is 8. The minimum absolute atomic E-state index is 0.137. The van der Waals surface area contributed by atoms with E-state index in [1.54, 1.807) is 0 Å². The molecule has 0 aliphatic rings. The summed E-state index contributed by atoms with van der Waals surface area (Å²) in [6.45, 7) is 1.85. The molecular formula is C20H23NO6. The summed E-state index contributed by atoms with van der Waals surface area (Å²) in [6, 6.07) is 12.4. The van der Waals surface area contributed by atoms with Crippen LogP contribution in [0, 0.1) is 0 Å². The molecule has 2 aromatic rings. The van der Waals surface area contributed by atoms with Gasteiger partial charge in [0.15, 0.2) is 17.6 Å². The maximum atomic E-state index is 12.5. The summed E-state index contributed by atoms with van der Waals surface area (Å²) in [5.74, 6) is -0.0673. The zero-order valence-corrected chi connectivity index (χ0v) is 15.8. The van der Waals surface area contributed by atoms with E-state index in [1.807, 2.05) is 30.3 Å². The van der Waals surface area contributed by atoms with Crippen LogP contribution in [0.15, 0.2) is 42.5 Å². The van der Waals surface area contributed by atoms with E-state index in [0.29, 0.717) is 18.0 Å². The lowest BCUT2D eigenvalue weighted by atomic mass is 10.1. The van der Waals surface area contributed by atoms with Crippen LogP contribution in [-0.2, 0) is 16.1 Å². The van der Waals surface area contributed by atoms with Crippen molar-refractivity contribution in [2.24, 2.45) is 0 Å². The molecule has 27 heavy (non-hydrogen) atoms. The molecule has 144 valence electrons. The fourth-order valence-electron chi connectivity index (χ4n) is 2.40. The van der Waals surface area contributed by atoms with Crippen molar-refractivity contribution in [3.63, 3.8) is 0 Å². The van der Waals surface area contributed by atoms with Gasteiger partial charge in [0, 0.05) is 18.7 Å². The lowest BCUT2D eigenvalue weighted by Crippen LogP contribution is -2.35. The van der Waals surface area contributed by atoms with Crippen molar-refractivity contribution in [2.75, 3.05) is 21.3 Å². The Kier molecular flexibility index (Phi) is 7.05. The molecule has 0 aliphatic carbocycles. The topological polar surface area (TPSA) is 83.1 Å². The summed E-state index contributed by atoms with van der Waals surface area (Å²) in [4.78, 5) is 24.7. The monoisotopic (exact) mass is 373 g/mol. The van der Waals surface area contributed by atoms with E-state index in [2.05, 4.69) is 5.32 Å². The first-order valence-electron chi connectivity index (χ1n) is 8.32. The van der Waals surface area contributed by atoms with E-state index in [9.17, 15) is 9.59 Å². The van der Waals surface area contributed by atoms with Crippen molar-refractivity contribution in [1.29, 1.82) is 0 Å². The number of carbonyl (C=O) groups excluding carboxylic acids is 2. The smallest absolute Gasteiger partial charge is 0.342 e. The van der Waals surface area contributed by atoms with Crippen molar-refractivity contribution in [1.82, 2.24) is 5.32 Å². The van der Waals surface area contributed by atoms with E-state index in [1.165, 1.54) is 40.4 Å². The van der Waals surface area contributed by atoms with E-state index < -0.39 is 18.0 Å². The van der Waals surface area contributed by atoms with E-state index >= 15 is 0 Å². The van der Waals surface area contributed by atoms with Gasteiger partial charge in [-0.05, 0) is 12.5 Å². The molecule has 2 rings (SSSR count). The maximum Gasteiger partial charge on any atom is 0.342 e. The zero-order valence-electron chi connectivity index (χ0n) is 15.8. The molecule has 0 radical (unpaired) electrons. The quantitative estimate of drug-likeness (QED) is 0.716. The molecular weight excluding hydrogens is 350 g/mol. The van der Waals surface area contributed by atoms with E-state index in [0.717, 1.165) is 5.56 Å². The fourth-order valence-corrected chi connectivity index (χ4v) is 2.40. The number of esters is 1. The summed E-state index contributed by atoms with van der Waals surface area (Å²) < 4.78 is 20.9. The van der Waals surface area contributed by atoms with Crippen molar-refractivity contribution in [2.45, 2.75) is 19.6 Å². The number of methoxy groups -OCH3 is 3. The summed E-state index contributed by atoms with van der Waals surface area (Å²) in [5.41, 5.74) is 1.09. The first-order chi connectivity index (χ1) is 13.0. The molecule has 0 heterocycles. The molecule has 7 nitrogen and oxygen atoms in total. The Morgan fingerprint density at radius 2 is 1.52 bits per heavy atom. The average Bonchev–Trinajstić information content (AvgIpc) is 2.71. The molecule has 2 aromatic carbocycles. The molecule has 1 N–H and O–H groups in total. The molecule has 0 fully saturated rings. The largest absolute Gasteiger partial charge is 0.496 e. The lowest BCUT2D eigenvalue weighted by molar-refractivity contribution is -0.129. The molecule has 0 aromatic heterocycles. The van der Waals surface area contributed by atoms with Crippen LogP contribution in [0.1, 0.15) is 22.8 Å². The standard InChI is InChI=1S/C20H23NO6/c1-13(19(22)21-12-14-8-6-5-7-9-14)27-20(23)15-10-17(25-3)18(26-4)11-16(15)24-2/h5-11,13H,12H2,1-4H3,(H,21,22)/t13-/m0/s1. The first kappa shape index (κ1) is 20.1. The van der Waals surface area contributed by atoms with Gasteiger partial charge in [0.2, 0.25) is 0 Å². The highest BCUT2D eigenvalue weighted by Gasteiger charge is 2.23. The number of hydrogen-bond acceptors (Lipinski definition) is 6. The summed E-state index contributed by atoms with van der Waals surface area (Å²) >= 11 is 0. The van der Waals surface area contributed by atoms with Crippen molar-refractivity contribution in [3.05, 3.63) is 53.6 Å². The second-order valence-electron chi connectivity index (χ2n) is 5.66. The van der Waals surface area contributed by atoms with E-state index in [-0.39, 0.29) is 11.3 Å². The van der Waals surface area contributed by atoms with Gasteiger partial charge in [0.1, 0.15) is 11.3 Å². The van der Waals surface area contributed by atoms with Crippen LogP contribution in [-0.4, -0.2) is 39.3 Å². The number of hydrogen-bond donors (Lipinski definition) is 1. The summed E-state index contributed by atoms with van der Waals surface area (Å²) in [6.07, 6.45) is -0.973. The van der Waals surface area contributed by atoms with Crippen LogP contribution in [0.5, 0.6) is 17.2 Å². The Bertz CT molecular complexity index is 791. The highest BCUT2D eigenvalue weighted by Crippen LogP contribution is 2.35. The first-order valence-corrected chi connectivity index (χ1v) is 8.32. The second kappa shape index (κ2) is 9.47. The SMILES string of the molecule is COc1cc(OC)c(C(=O)O[C@@H](C)C(=O)NCc2ccccc2)cc1OC. The van der Waals surface area contributed by atoms with Crippen molar-refractivity contribution < 1.29 is 28.5 Å². The second-order valence-corrected chi connectivity index (χ2v) is 5.66. The van der Waals surface area contributed by atoms with Gasteiger partial charge in [-0.2, -0.15) is 0 Å². The van der Waals surface area contributed by atoms with Crippen LogP contribution < -0.4 is 19.5 Å². The summed E-state index contributed by atoms with van der Waals surface area (Å²) in [5, 5.41) is 2.73. The fraction of sp³-hybridized carbons (Fsp3) is 0.300. The Labute approximate surface area is 158 Å². The third-order valence-electron chi connectivity index (χ3n) is 3.89. The van der Waals surface area contributed by atoms with Crippen LogP contribution >= 0.6 is 0 Å². The molecule has 0 saturated heterocycles. The van der Waals surface area contributed by atoms with Gasteiger partial charge in [-0.15, -0.1) is 0 Å². The Hall–Kier alpha value is -3.22. The van der Waals surface area contributed by atoms with Gasteiger partial charge in [0.05, 0.1) is 21.3 Å². The zero-order chi connectivity index (χ0) is 19.8. The molecule has 0 spiro atoms. The maximum absolute atomic E-state index is 12.5. The Balaban J connectivity index is 2.05. The predicted octanol–water partition coefficient (Wildman–Crippen LogP) is 2.57. The lowest BCUT2D eigenvalue weighted by Gasteiger charge is -2.16. The van der Waals surface area contributed by atoms with Crippen LogP contribution in [0.2, 0.25) is 0 Å². The molecule has 0 unspecified atom stereocenters. The van der Waals surface area contributed by atoms with E-state index in [4.69, 9.17) is 18.9 Å². The van der Waals surface area contributed by atoms with Gasteiger partial charge in [-0.25, -0.2) is 4.79 Å². The number of benzene rings is 2. The third-order valence-corrected chi connectivity index (χ3v) is 3.89. The molecule has 0 saturated carbocycles. The number of ether oxygens (including phenoxy) is 4. The van der Waals surface area contributed by atoms with Crippen LogP contribution in [0.4, 0.5) is 0 Å². The molecule has 1 amide bonds. The van der Waals surface area contributed by atoms with Gasteiger partial charge in [-0.3, -0.25) is 4.79 Å². The average molecular weight is 373 g/mol. The number of nitrogens with one attached hydrogen (secondary N) is 1. The normalized spacial score (nSPS) is 11.3. The summed E-state index contributed by atoms with van der Waals surface area (Å²) in [7, 11) is 4.36. The Morgan fingerprint density at radius 3 is 2.11 bits per heavy atom. The van der Waals surface area contributed by atoms with Crippen molar-refractivity contribution in [3.8, 4) is 17.2 Å². The van der Waals surface area contributed by atoms with Crippen LogP contribution in [0.25, 0.3) is 0 Å². The third kappa shape index (κ3) is 5.13. The van der Waals surface area contributed by atoms with Gasteiger partial charge >= 0.3 is 5.97 Å². The number of amides is 1. The highest BCUT2D eigenvalue weighted by atomic mass is 16.6. The van der Waals surface area contributed by atoms with Gasteiger partial charge < -0.3 is 24.3 Å². The minimum Gasteiger partial charge on any atom is -0.496 e. The molecule has 1 atom stereocenters. The molecule has 7 heteroatoms. The molecule has 0 aliphatic heterocycles. The predicted molar refractivity (Wildman–Crippen MR) is 99.3 cm³/mol. The highest BCUT2D eigenvalue weighted by molar-refractivity contribution is 5.95. The van der Waals surface area contributed by atoms with Crippen LogP contribution in [0.3, 0.4) is 0 Å².